The zero-order valence-electron chi connectivity index (χ0n) is 6.52. The molecule has 0 heterocycles. The van der Waals surface area contributed by atoms with Gasteiger partial charge in [0.25, 0.3) is 0 Å². The third kappa shape index (κ3) is 32.6. The molecule has 0 unspecified atom stereocenters. The van der Waals surface area contributed by atoms with Gasteiger partial charge in [-0.25, -0.2) is 0 Å². The molecule has 2 heteroatoms. The molecule has 56 valence electrons. The van der Waals surface area contributed by atoms with E-state index >= 15 is 0 Å². The molecule has 0 rings (SSSR count). The van der Waals surface area contributed by atoms with Gasteiger partial charge in [-0.05, 0) is 13.3 Å². The monoisotopic (exact) mass is 132 g/mol. The van der Waals surface area contributed by atoms with Gasteiger partial charge in [0.2, 0.25) is 0 Å². The van der Waals surface area contributed by atoms with Crippen molar-refractivity contribution in [2.24, 2.45) is 0 Å². The quantitative estimate of drug-likeness (QED) is 0.581. The van der Waals surface area contributed by atoms with E-state index in [1.54, 1.807) is 20.8 Å². The summed E-state index contributed by atoms with van der Waals surface area (Å²) in [5.74, 6) is 0. The molecule has 0 fully saturated rings. The predicted molar refractivity (Wildman–Crippen MR) is 38.8 cm³/mol. The Kier molecular flexibility index (Phi) is 20.3. The largest absolute Gasteiger partial charge is 0.385 e. The van der Waals surface area contributed by atoms with Gasteiger partial charge in [0.05, 0.1) is 6.61 Å². The number of methoxy groups -OCH3 is 2. The average molecular weight is 132 g/mol. The number of hydrogen-bond acceptors (Lipinski definition) is 2. The van der Waals surface area contributed by atoms with Crippen molar-refractivity contribution in [3.05, 3.63) is 13.5 Å². The summed E-state index contributed by atoms with van der Waals surface area (Å²) in [6.45, 7) is 7.73. The highest BCUT2D eigenvalue weighted by atomic mass is 16.5. The van der Waals surface area contributed by atoms with Gasteiger partial charge in [-0.3, -0.25) is 0 Å². The third-order valence-electron chi connectivity index (χ3n) is 0.537. The van der Waals surface area contributed by atoms with E-state index in [9.17, 15) is 0 Å². The van der Waals surface area contributed by atoms with E-state index < -0.39 is 0 Å². The van der Waals surface area contributed by atoms with E-state index in [1.807, 2.05) is 6.92 Å². The normalized spacial score (nSPS) is 8.00. The number of hydrogen-bond donors (Lipinski definition) is 0. The van der Waals surface area contributed by atoms with Crippen LogP contribution in [0.3, 0.4) is 0 Å². The van der Waals surface area contributed by atoms with Crippen LogP contribution >= 0.6 is 0 Å². The molecule has 0 amide bonds. The lowest BCUT2D eigenvalue weighted by molar-refractivity contribution is 0.232. The van der Waals surface area contributed by atoms with Crippen LogP contribution < -0.4 is 0 Å². The minimum absolute atomic E-state index is 0.569. The summed E-state index contributed by atoms with van der Waals surface area (Å²) in [6, 6.07) is 0. The molecule has 0 N–H and O–H groups in total. The molecule has 0 aliphatic rings. The molecule has 0 atom stereocenters. The number of ether oxygens (including phenoxy) is 2. The second-order valence-electron chi connectivity index (χ2n) is 1.30. The third-order valence-corrected chi connectivity index (χ3v) is 0.537. The van der Waals surface area contributed by atoms with Crippen molar-refractivity contribution in [3.8, 4) is 0 Å². The van der Waals surface area contributed by atoms with Gasteiger partial charge in [0.15, 0.2) is 0 Å². The van der Waals surface area contributed by atoms with Crippen LogP contribution in [0.5, 0.6) is 0 Å². The van der Waals surface area contributed by atoms with Crippen molar-refractivity contribution < 1.29 is 9.47 Å². The highest BCUT2D eigenvalue weighted by Crippen LogP contribution is 1.79. The Morgan fingerprint density at radius 2 is 1.89 bits per heavy atom. The van der Waals surface area contributed by atoms with Crippen molar-refractivity contribution in [1.82, 2.24) is 0 Å². The molecule has 9 heavy (non-hydrogen) atoms. The summed E-state index contributed by atoms with van der Waals surface area (Å²) >= 11 is 0. The van der Waals surface area contributed by atoms with Gasteiger partial charge in [0.1, 0.15) is 0 Å². The topological polar surface area (TPSA) is 18.5 Å². The van der Waals surface area contributed by atoms with E-state index in [-0.39, 0.29) is 0 Å². The number of rotatable bonds is 3. The van der Waals surface area contributed by atoms with Crippen LogP contribution in [0.2, 0.25) is 0 Å². The predicted octanol–water partition coefficient (Wildman–Crippen LogP) is 1.67. The van der Waals surface area contributed by atoms with Gasteiger partial charge in [-0.15, -0.1) is 0 Å². The SMILES string of the molecule is CC[CH]OC.[CH2]COC. The molecule has 0 aliphatic heterocycles. The van der Waals surface area contributed by atoms with E-state index in [4.69, 9.17) is 0 Å². The summed E-state index contributed by atoms with van der Waals surface area (Å²) < 4.78 is 9.00. The lowest BCUT2D eigenvalue weighted by Gasteiger charge is -1.83. The molecule has 0 spiro atoms. The standard InChI is InChI=1S/C4H9O.C3H7O/c1-3-4-5-2;1-3-4-2/h4H,3H2,1-2H3;1,3H2,2H3. The molecule has 0 aromatic heterocycles. The van der Waals surface area contributed by atoms with Crippen molar-refractivity contribution in [2.75, 3.05) is 20.8 Å². The Morgan fingerprint density at radius 1 is 1.44 bits per heavy atom. The Morgan fingerprint density at radius 3 is 1.89 bits per heavy atom. The zero-order valence-corrected chi connectivity index (χ0v) is 6.52. The maximum atomic E-state index is 4.57. The molecule has 2 nitrogen and oxygen atoms in total. The Balaban J connectivity index is 0. The highest BCUT2D eigenvalue weighted by Gasteiger charge is 1.67. The summed E-state index contributed by atoms with van der Waals surface area (Å²) in [7, 11) is 3.27. The molecule has 0 bridgehead atoms. The van der Waals surface area contributed by atoms with Crippen molar-refractivity contribution in [1.29, 1.82) is 0 Å². The van der Waals surface area contributed by atoms with Crippen molar-refractivity contribution in [3.63, 3.8) is 0 Å². The van der Waals surface area contributed by atoms with E-state index in [0.29, 0.717) is 6.61 Å². The molecule has 0 saturated carbocycles. The van der Waals surface area contributed by atoms with Gasteiger partial charge in [0, 0.05) is 20.8 Å². The Hall–Kier alpha value is -0.0800. The molecule has 0 saturated heterocycles. The minimum Gasteiger partial charge on any atom is -0.385 e. The van der Waals surface area contributed by atoms with Crippen LogP contribution in [0.1, 0.15) is 13.3 Å². The summed E-state index contributed by atoms with van der Waals surface area (Å²) in [4.78, 5) is 0. The fourth-order valence-electron chi connectivity index (χ4n) is 0.167. The van der Waals surface area contributed by atoms with Gasteiger partial charge < -0.3 is 9.47 Å². The lowest BCUT2D eigenvalue weighted by Crippen LogP contribution is -1.74. The second-order valence-corrected chi connectivity index (χ2v) is 1.30. The van der Waals surface area contributed by atoms with Gasteiger partial charge >= 0.3 is 0 Å². The lowest BCUT2D eigenvalue weighted by atomic mass is 10.5. The summed E-state index contributed by atoms with van der Waals surface area (Å²) in [5.41, 5.74) is 0. The van der Waals surface area contributed by atoms with Crippen LogP contribution in [-0.2, 0) is 9.47 Å². The Bertz CT molecular complexity index is 26.1. The van der Waals surface area contributed by atoms with Crippen LogP contribution in [0, 0.1) is 13.5 Å². The smallest absolute Gasteiger partial charge is 0.0830 e. The summed E-state index contributed by atoms with van der Waals surface area (Å²) in [6.07, 6.45) is 0.997. The van der Waals surface area contributed by atoms with Crippen LogP contribution in [0.15, 0.2) is 0 Å². The molecule has 0 aliphatic carbocycles. The van der Waals surface area contributed by atoms with E-state index in [1.165, 1.54) is 0 Å². The molecule has 0 aromatic carbocycles. The van der Waals surface area contributed by atoms with Crippen LogP contribution in [-0.4, -0.2) is 20.8 Å². The van der Waals surface area contributed by atoms with Gasteiger partial charge in [-0.1, -0.05) is 6.92 Å². The summed E-state index contributed by atoms with van der Waals surface area (Å²) in [5, 5.41) is 0. The fourth-order valence-corrected chi connectivity index (χ4v) is 0.167. The maximum Gasteiger partial charge on any atom is 0.0830 e. The van der Waals surface area contributed by atoms with E-state index in [0.717, 1.165) is 6.42 Å². The minimum atomic E-state index is 0.569. The van der Waals surface area contributed by atoms with E-state index in [2.05, 4.69) is 16.4 Å². The highest BCUT2D eigenvalue weighted by molar-refractivity contribution is 4.37. The molecule has 2 radical (unpaired) electrons. The van der Waals surface area contributed by atoms with Crippen LogP contribution in [0.25, 0.3) is 0 Å². The van der Waals surface area contributed by atoms with Crippen molar-refractivity contribution in [2.45, 2.75) is 13.3 Å². The first kappa shape index (κ1) is 11.7. The second kappa shape index (κ2) is 15.7. The first-order valence-corrected chi connectivity index (χ1v) is 2.96. The first-order chi connectivity index (χ1) is 4.33. The molecule has 0 aromatic rings. The van der Waals surface area contributed by atoms with Crippen molar-refractivity contribution >= 4 is 0 Å². The first-order valence-electron chi connectivity index (χ1n) is 2.96. The average Bonchev–Trinajstić information content (AvgIpc) is 1.91. The van der Waals surface area contributed by atoms with Gasteiger partial charge in [-0.2, -0.15) is 0 Å². The Labute approximate surface area is 58.2 Å². The molecular formula is C7H16O2. The fraction of sp³-hybridized carbons (Fsp3) is 0.714. The van der Waals surface area contributed by atoms with Crippen LogP contribution in [0.4, 0.5) is 0 Å². The maximum absolute atomic E-state index is 4.57. The molecular weight excluding hydrogens is 116 g/mol. The zero-order chi connectivity index (χ0) is 7.54.